The Morgan fingerprint density at radius 3 is 1.79 bits per heavy atom. The monoisotopic (exact) mass is 449 g/mol. The van der Waals surface area contributed by atoms with Crippen molar-refractivity contribution in [2.45, 2.75) is 46.3 Å². The van der Waals surface area contributed by atoms with Gasteiger partial charge in [0.25, 0.3) is 0 Å². The van der Waals surface area contributed by atoms with Crippen molar-refractivity contribution in [3.8, 4) is 11.5 Å². The standard InChI is InChI=1S/C28H35NO4/c1-4-30-28(31-5-2)19-29-22(3)25-16-17-26(32-20-23-12-8-6-9-13-23)27(18-25)33-21-24-14-10-7-11-15-24/h6-18,22,28-29H,4-5,19-21H2,1-3H3. The van der Waals surface area contributed by atoms with Crippen molar-refractivity contribution in [3.05, 3.63) is 95.6 Å². The molecule has 0 saturated heterocycles. The predicted molar refractivity (Wildman–Crippen MR) is 131 cm³/mol. The molecule has 5 heteroatoms. The fourth-order valence-corrected chi connectivity index (χ4v) is 3.43. The zero-order valence-electron chi connectivity index (χ0n) is 19.8. The van der Waals surface area contributed by atoms with E-state index in [0.29, 0.717) is 33.0 Å². The van der Waals surface area contributed by atoms with Crippen molar-refractivity contribution in [1.29, 1.82) is 0 Å². The molecule has 33 heavy (non-hydrogen) atoms. The first kappa shape index (κ1) is 24.8. The molecule has 0 aromatic heterocycles. The highest BCUT2D eigenvalue weighted by Gasteiger charge is 2.14. The minimum absolute atomic E-state index is 0.0932. The summed E-state index contributed by atoms with van der Waals surface area (Å²) in [4.78, 5) is 0. The van der Waals surface area contributed by atoms with Gasteiger partial charge in [-0.1, -0.05) is 66.7 Å². The lowest BCUT2D eigenvalue weighted by Crippen LogP contribution is -2.33. The molecular weight excluding hydrogens is 414 g/mol. The highest BCUT2D eigenvalue weighted by Crippen LogP contribution is 2.32. The summed E-state index contributed by atoms with van der Waals surface area (Å²) in [5, 5.41) is 3.50. The zero-order chi connectivity index (χ0) is 23.3. The van der Waals surface area contributed by atoms with Gasteiger partial charge in [-0.05, 0) is 49.6 Å². The van der Waals surface area contributed by atoms with Gasteiger partial charge in [0.15, 0.2) is 17.8 Å². The molecule has 3 aromatic carbocycles. The predicted octanol–water partition coefficient (Wildman–Crippen LogP) is 5.89. The summed E-state index contributed by atoms with van der Waals surface area (Å²) in [7, 11) is 0. The van der Waals surface area contributed by atoms with Crippen molar-refractivity contribution in [3.63, 3.8) is 0 Å². The summed E-state index contributed by atoms with van der Waals surface area (Å²) in [5.41, 5.74) is 3.33. The molecule has 0 heterocycles. The van der Waals surface area contributed by atoms with E-state index in [-0.39, 0.29) is 12.3 Å². The molecule has 0 fully saturated rings. The zero-order valence-corrected chi connectivity index (χ0v) is 19.8. The van der Waals surface area contributed by atoms with E-state index >= 15 is 0 Å². The van der Waals surface area contributed by atoms with Crippen LogP contribution in [0.3, 0.4) is 0 Å². The summed E-state index contributed by atoms with van der Waals surface area (Å²) in [6.07, 6.45) is -0.260. The quantitative estimate of drug-likeness (QED) is 0.311. The van der Waals surface area contributed by atoms with Crippen molar-refractivity contribution < 1.29 is 18.9 Å². The minimum Gasteiger partial charge on any atom is -0.485 e. The third-order valence-electron chi connectivity index (χ3n) is 5.24. The van der Waals surface area contributed by atoms with Crippen LogP contribution in [-0.2, 0) is 22.7 Å². The Morgan fingerprint density at radius 1 is 0.697 bits per heavy atom. The molecule has 0 radical (unpaired) electrons. The van der Waals surface area contributed by atoms with Crippen LogP contribution in [0.1, 0.15) is 43.5 Å². The second kappa shape index (κ2) is 13.6. The van der Waals surface area contributed by atoms with E-state index in [1.54, 1.807) is 0 Å². The smallest absolute Gasteiger partial charge is 0.169 e. The summed E-state index contributed by atoms with van der Waals surface area (Å²) in [5.74, 6) is 1.46. The second-order valence-electron chi connectivity index (χ2n) is 7.72. The van der Waals surface area contributed by atoms with Gasteiger partial charge < -0.3 is 24.3 Å². The molecule has 1 N–H and O–H groups in total. The van der Waals surface area contributed by atoms with Crippen LogP contribution in [0, 0.1) is 0 Å². The van der Waals surface area contributed by atoms with Gasteiger partial charge >= 0.3 is 0 Å². The second-order valence-corrected chi connectivity index (χ2v) is 7.72. The van der Waals surface area contributed by atoms with E-state index < -0.39 is 0 Å². The lowest BCUT2D eigenvalue weighted by atomic mass is 10.1. The van der Waals surface area contributed by atoms with Crippen molar-refractivity contribution in [2.75, 3.05) is 19.8 Å². The fraction of sp³-hybridized carbons (Fsp3) is 0.357. The Bertz CT molecular complexity index is 927. The number of benzene rings is 3. The van der Waals surface area contributed by atoms with E-state index in [1.165, 1.54) is 0 Å². The molecule has 176 valence electrons. The topological polar surface area (TPSA) is 49.0 Å². The molecule has 5 nitrogen and oxygen atoms in total. The average Bonchev–Trinajstić information content (AvgIpc) is 2.86. The summed E-state index contributed by atoms with van der Waals surface area (Å²) in [6, 6.07) is 26.5. The van der Waals surface area contributed by atoms with Gasteiger partial charge in [-0.25, -0.2) is 0 Å². The number of hydrogen-bond donors (Lipinski definition) is 1. The van der Waals surface area contributed by atoms with Crippen LogP contribution >= 0.6 is 0 Å². The lowest BCUT2D eigenvalue weighted by Gasteiger charge is -2.22. The molecule has 0 bridgehead atoms. The summed E-state index contributed by atoms with van der Waals surface area (Å²) >= 11 is 0. The molecular formula is C28H35NO4. The van der Waals surface area contributed by atoms with E-state index in [1.807, 2.05) is 56.3 Å². The minimum atomic E-state index is -0.260. The first-order valence-corrected chi connectivity index (χ1v) is 11.6. The van der Waals surface area contributed by atoms with Crippen LogP contribution in [0.15, 0.2) is 78.9 Å². The Labute approximate surface area is 197 Å². The van der Waals surface area contributed by atoms with Crippen LogP contribution in [0.4, 0.5) is 0 Å². The molecule has 0 aliphatic carbocycles. The molecule has 3 rings (SSSR count). The van der Waals surface area contributed by atoms with Crippen molar-refractivity contribution in [2.24, 2.45) is 0 Å². The van der Waals surface area contributed by atoms with Gasteiger partial charge in [-0.15, -0.1) is 0 Å². The van der Waals surface area contributed by atoms with Gasteiger partial charge in [-0.3, -0.25) is 0 Å². The molecule has 0 spiro atoms. The van der Waals surface area contributed by atoms with Crippen LogP contribution in [0.2, 0.25) is 0 Å². The first-order chi connectivity index (χ1) is 16.2. The van der Waals surface area contributed by atoms with Crippen LogP contribution in [0.25, 0.3) is 0 Å². The normalized spacial score (nSPS) is 12.0. The average molecular weight is 450 g/mol. The van der Waals surface area contributed by atoms with Gasteiger partial charge in [0.1, 0.15) is 13.2 Å². The Kier molecular flexibility index (Phi) is 10.2. The van der Waals surface area contributed by atoms with Gasteiger partial charge in [0, 0.05) is 25.8 Å². The Morgan fingerprint density at radius 2 is 1.24 bits per heavy atom. The van der Waals surface area contributed by atoms with Crippen LogP contribution < -0.4 is 14.8 Å². The summed E-state index contributed by atoms with van der Waals surface area (Å²) in [6.45, 7) is 8.87. The number of ether oxygens (including phenoxy) is 4. The Balaban J connectivity index is 1.71. The van der Waals surface area contributed by atoms with E-state index in [9.17, 15) is 0 Å². The van der Waals surface area contributed by atoms with E-state index in [0.717, 1.165) is 28.2 Å². The maximum Gasteiger partial charge on any atom is 0.169 e. The maximum atomic E-state index is 6.20. The maximum absolute atomic E-state index is 6.20. The molecule has 0 saturated carbocycles. The van der Waals surface area contributed by atoms with Crippen LogP contribution in [-0.4, -0.2) is 26.0 Å². The molecule has 0 aliphatic rings. The van der Waals surface area contributed by atoms with E-state index in [4.69, 9.17) is 18.9 Å². The Hall–Kier alpha value is -2.86. The van der Waals surface area contributed by atoms with Gasteiger partial charge in [0.05, 0.1) is 0 Å². The molecule has 0 aliphatic heterocycles. The van der Waals surface area contributed by atoms with Crippen molar-refractivity contribution in [1.82, 2.24) is 5.32 Å². The highest BCUT2D eigenvalue weighted by atomic mass is 16.7. The lowest BCUT2D eigenvalue weighted by molar-refractivity contribution is -0.133. The van der Waals surface area contributed by atoms with E-state index in [2.05, 4.69) is 48.6 Å². The SMILES string of the molecule is CCOC(CNC(C)c1ccc(OCc2ccccc2)c(OCc2ccccc2)c1)OCC. The van der Waals surface area contributed by atoms with Crippen LogP contribution in [0.5, 0.6) is 11.5 Å². The number of nitrogens with one attached hydrogen (secondary N) is 1. The summed E-state index contributed by atoms with van der Waals surface area (Å²) < 4.78 is 23.6. The number of rotatable bonds is 14. The third-order valence-corrected chi connectivity index (χ3v) is 5.24. The third kappa shape index (κ3) is 8.21. The first-order valence-electron chi connectivity index (χ1n) is 11.6. The molecule has 1 atom stereocenters. The highest BCUT2D eigenvalue weighted by molar-refractivity contribution is 5.44. The largest absolute Gasteiger partial charge is 0.485 e. The number of hydrogen-bond acceptors (Lipinski definition) is 5. The van der Waals surface area contributed by atoms with Gasteiger partial charge in [0.2, 0.25) is 0 Å². The van der Waals surface area contributed by atoms with Gasteiger partial charge in [-0.2, -0.15) is 0 Å². The molecule has 0 amide bonds. The molecule has 3 aromatic rings. The van der Waals surface area contributed by atoms with Crippen molar-refractivity contribution >= 4 is 0 Å². The molecule has 1 unspecified atom stereocenters. The fourth-order valence-electron chi connectivity index (χ4n) is 3.43.